The summed E-state index contributed by atoms with van der Waals surface area (Å²) in [5.74, 6) is 0.246. The highest BCUT2D eigenvalue weighted by Crippen LogP contribution is 2.29. The molecule has 0 amide bonds. The van der Waals surface area contributed by atoms with Crippen LogP contribution in [0.15, 0.2) is 30.6 Å². The van der Waals surface area contributed by atoms with Crippen LogP contribution < -0.4 is 10.7 Å². The molecule has 0 aliphatic carbocycles. The SMILES string of the molecule is CN(C)Nc1ncnc(NCc2ccccc2Cl)c1[N+](=O)[O-]. The Labute approximate surface area is 132 Å². The fraction of sp³-hybridized carbons (Fsp3) is 0.231. The Kier molecular flexibility index (Phi) is 5.08. The topological polar surface area (TPSA) is 96.2 Å². The van der Waals surface area contributed by atoms with Crippen LogP contribution in [0.2, 0.25) is 5.02 Å². The van der Waals surface area contributed by atoms with Crippen LogP contribution in [-0.4, -0.2) is 34.0 Å². The first-order valence-corrected chi connectivity index (χ1v) is 6.77. The van der Waals surface area contributed by atoms with Crippen molar-refractivity contribution in [2.45, 2.75) is 6.54 Å². The maximum atomic E-state index is 11.3. The zero-order valence-electron chi connectivity index (χ0n) is 12.1. The van der Waals surface area contributed by atoms with Crippen LogP contribution in [-0.2, 0) is 6.54 Å². The van der Waals surface area contributed by atoms with Gasteiger partial charge in [-0.1, -0.05) is 29.8 Å². The van der Waals surface area contributed by atoms with Crippen LogP contribution in [0.25, 0.3) is 0 Å². The van der Waals surface area contributed by atoms with E-state index in [-0.39, 0.29) is 17.3 Å². The molecule has 8 nitrogen and oxygen atoms in total. The van der Waals surface area contributed by atoms with Gasteiger partial charge in [-0.25, -0.2) is 15.0 Å². The number of nitrogens with one attached hydrogen (secondary N) is 2. The molecule has 0 spiro atoms. The fourth-order valence-electron chi connectivity index (χ4n) is 1.80. The largest absolute Gasteiger partial charge is 0.360 e. The molecule has 9 heteroatoms. The van der Waals surface area contributed by atoms with Gasteiger partial charge in [-0.3, -0.25) is 15.5 Å². The number of nitro groups is 1. The van der Waals surface area contributed by atoms with E-state index in [9.17, 15) is 10.1 Å². The highest BCUT2D eigenvalue weighted by atomic mass is 35.5. The summed E-state index contributed by atoms with van der Waals surface area (Å²) in [6.45, 7) is 0.318. The number of rotatable bonds is 6. The van der Waals surface area contributed by atoms with Crippen molar-refractivity contribution in [3.63, 3.8) is 0 Å². The second-order valence-electron chi connectivity index (χ2n) is 4.63. The van der Waals surface area contributed by atoms with E-state index in [1.807, 2.05) is 18.2 Å². The number of anilines is 2. The molecule has 0 radical (unpaired) electrons. The van der Waals surface area contributed by atoms with Gasteiger partial charge in [0, 0.05) is 25.7 Å². The van der Waals surface area contributed by atoms with Crippen molar-refractivity contribution in [1.82, 2.24) is 15.0 Å². The summed E-state index contributed by atoms with van der Waals surface area (Å²) in [7, 11) is 3.42. The number of benzene rings is 1. The summed E-state index contributed by atoms with van der Waals surface area (Å²) in [4.78, 5) is 18.6. The molecule has 2 rings (SSSR count). The van der Waals surface area contributed by atoms with Crippen molar-refractivity contribution < 1.29 is 4.92 Å². The molecule has 0 aliphatic rings. The lowest BCUT2D eigenvalue weighted by Crippen LogP contribution is -2.21. The summed E-state index contributed by atoms with van der Waals surface area (Å²) in [5, 5.41) is 16.4. The quantitative estimate of drug-likeness (QED) is 0.623. The van der Waals surface area contributed by atoms with E-state index in [2.05, 4.69) is 20.7 Å². The van der Waals surface area contributed by atoms with Crippen molar-refractivity contribution in [3.8, 4) is 0 Å². The monoisotopic (exact) mass is 322 g/mol. The van der Waals surface area contributed by atoms with Gasteiger partial charge in [-0.2, -0.15) is 0 Å². The number of nitrogens with zero attached hydrogens (tertiary/aromatic N) is 4. The third kappa shape index (κ3) is 3.80. The van der Waals surface area contributed by atoms with Crippen LogP contribution >= 0.6 is 11.6 Å². The Hall–Kier alpha value is -2.45. The van der Waals surface area contributed by atoms with Gasteiger partial charge in [-0.15, -0.1) is 0 Å². The normalized spacial score (nSPS) is 10.5. The van der Waals surface area contributed by atoms with Gasteiger partial charge < -0.3 is 5.32 Å². The molecule has 0 saturated carbocycles. The van der Waals surface area contributed by atoms with Crippen molar-refractivity contribution in [2.75, 3.05) is 24.8 Å². The number of halogens is 1. The number of hydrogen-bond donors (Lipinski definition) is 2. The molecular formula is C13H15ClN6O2. The lowest BCUT2D eigenvalue weighted by Gasteiger charge is -2.14. The van der Waals surface area contributed by atoms with Gasteiger partial charge in [0.05, 0.1) is 4.92 Å². The van der Waals surface area contributed by atoms with E-state index in [0.29, 0.717) is 11.6 Å². The Bertz CT molecular complexity index is 679. The van der Waals surface area contributed by atoms with Crippen molar-refractivity contribution in [2.24, 2.45) is 0 Å². The van der Waals surface area contributed by atoms with Gasteiger partial charge in [0.25, 0.3) is 0 Å². The van der Waals surface area contributed by atoms with E-state index in [1.165, 1.54) is 6.33 Å². The second kappa shape index (κ2) is 7.01. The highest BCUT2D eigenvalue weighted by Gasteiger charge is 2.23. The fourth-order valence-corrected chi connectivity index (χ4v) is 2.00. The maximum absolute atomic E-state index is 11.3. The molecule has 0 unspecified atom stereocenters. The number of aromatic nitrogens is 2. The molecule has 0 aliphatic heterocycles. The average Bonchev–Trinajstić information content (AvgIpc) is 2.45. The van der Waals surface area contributed by atoms with Crippen LogP contribution in [0.4, 0.5) is 17.3 Å². The van der Waals surface area contributed by atoms with Crippen molar-refractivity contribution in [3.05, 3.63) is 51.3 Å². The molecule has 1 heterocycles. The van der Waals surface area contributed by atoms with E-state index >= 15 is 0 Å². The summed E-state index contributed by atoms with van der Waals surface area (Å²) in [6, 6.07) is 7.25. The van der Waals surface area contributed by atoms with E-state index in [0.717, 1.165) is 5.56 Å². The minimum absolute atomic E-state index is 0.117. The van der Waals surface area contributed by atoms with Gasteiger partial charge in [0.1, 0.15) is 6.33 Å². The Balaban J connectivity index is 2.27. The van der Waals surface area contributed by atoms with Gasteiger partial charge in [0.15, 0.2) is 0 Å². The minimum Gasteiger partial charge on any atom is -0.360 e. The summed E-state index contributed by atoms with van der Waals surface area (Å²) >= 11 is 6.07. The predicted octanol–water partition coefficient (Wildman–Crippen LogP) is 2.54. The summed E-state index contributed by atoms with van der Waals surface area (Å²) in [6.07, 6.45) is 1.26. The Morgan fingerprint density at radius 1 is 1.27 bits per heavy atom. The average molecular weight is 323 g/mol. The maximum Gasteiger partial charge on any atom is 0.354 e. The molecule has 22 heavy (non-hydrogen) atoms. The second-order valence-corrected chi connectivity index (χ2v) is 5.03. The van der Waals surface area contributed by atoms with Gasteiger partial charge >= 0.3 is 5.69 Å². The standard InChI is InChI=1S/C13H15ClN6O2/c1-19(2)18-13-11(20(21)22)12(16-8-17-13)15-7-9-5-3-4-6-10(9)14/h3-6,8H,7H2,1-2H3,(H2,15,16,17,18). The predicted molar refractivity (Wildman–Crippen MR) is 84.8 cm³/mol. The first-order valence-electron chi connectivity index (χ1n) is 6.39. The third-order valence-electron chi connectivity index (χ3n) is 2.74. The summed E-state index contributed by atoms with van der Waals surface area (Å²) < 4.78 is 0. The molecule has 116 valence electrons. The van der Waals surface area contributed by atoms with Crippen LogP contribution in [0.3, 0.4) is 0 Å². The van der Waals surface area contributed by atoms with Crippen molar-refractivity contribution >= 4 is 28.9 Å². The first kappa shape index (κ1) is 15.9. The molecule has 2 aromatic rings. The molecule has 0 fully saturated rings. The molecule has 0 atom stereocenters. The Morgan fingerprint density at radius 3 is 2.59 bits per heavy atom. The molecule has 2 N–H and O–H groups in total. The summed E-state index contributed by atoms with van der Waals surface area (Å²) in [5.41, 5.74) is 3.38. The lowest BCUT2D eigenvalue weighted by atomic mass is 10.2. The molecule has 0 bridgehead atoms. The van der Waals surface area contributed by atoms with E-state index in [1.54, 1.807) is 25.2 Å². The molecular weight excluding hydrogens is 308 g/mol. The lowest BCUT2D eigenvalue weighted by molar-refractivity contribution is -0.383. The smallest absolute Gasteiger partial charge is 0.354 e. The highest BCUT2D eigenvalue weighted by molar-refractivity contribution is 6.31. The third-order valence-corrected chi connectivity index (χ3v) is 3.11. The van der Waals surface area contributed by atoms with Gasteiger partial charge in [0.2, 0.25) is 11.6 Å². The molecule has 1 aromatic carbocycles. The van der Waals surface area contributed by atoms with Gasteiger partial charge in [-0.05, 0) is 11.6 Å². The molecule has 0 saturated heterocycles. The first-order chi connectivity index (χ1) is 10.5. The molecule has 1 aromatic heterocycles. The van der Waals surface area contributed by atoms with Crippen molar-refractivity contribution in [1.29, 1.82) is 0 Å². The number of hydrazine groups is 1. The van der Waals surface area contributed by atoms with E-state index < -0.39 is 4.92 Å². The van der Waals surface area contributed by atoms with E-state index in [4.69, 9.17) is 11.6 Å². The van der Waals surface area contributed by atoms with Crippen LogP contribution in [0, 0.1) is 10.1 Å². The zero-order chi connectivity index (χ0) is 16.1. The zero-order valence-corrected chi connectivity index (χ0v) is 12.8. The Morgan fingerprint density at radius 2 is 1.95 bits per heavy atom. The van der Waals surface area contributed by atoms with Crippen LogP contribution in [0.1, 0.15) is 5.56 Å². The number of hydrogen-bond acceptors (Lipinski definition) is 7. The minimum atomic E-state index is -0.527. The van der Waals surface area contributed by atoms with Crippen LogP contribution in [0.5, 0.6) is 0 Å².